The van der Waals surface area contributed by atoms with Crippen LogP contribution in [0.4, 0.5) is 5.82 Å². The molecule has 7 heteroatoms. The number of benzene rings is 1. The number of hydrogen-bond donors (Lipinski definition) is 2. The summed E-state index contributed by atoms with van der Waals surface area (Å²) in [4.78, 5) is 24.3. The van der Waals surface area contributed by atoms with Gasteiger partial charge in [-0.3, -0.25) is 9.59 Å². The zero-order chi connectivity index (χ0) is 21.4. The highest BCUT2D eigenvalue weighted by atomic mass is 32.2. The number of thioether (sulfide) groups is 1. The van der Waals surface area contributed by atoms with Crippen LogP contribution in [-0.2, 0) is 9.59 Å². The zero-order valence-corrected chi connectivity index (χ0v) is 18.6. The number of nitrogens with zero attached hydrogens (tertiary/aromatic N) is 1. The van der Waals surface area contributed by atoms with Gasteiger partial charge in [-0.05, 0) is 36.3 Å². The number of amides is 2. The summed E-state index contributed by atoms with van der Waals surface area (Å²) in [5.74, 6) is 1.91. The Balaban J connectivity index is 1.83. The Hall–Kier alpha value is -2.28. The first-order chi connectivity index (χ1) is 13.8. The average molecular weight is 418 g/mol. The fraction of sp³-hybridized carbons (Fsp3) is 0.500. The Morgan fingerprint density at radius 1 is 1.07 bits per heavy atom. The number of nitrogens with one attached hydrogen (secondary N) is 2. The van der Waals surface area contributed by atoms with Crippen LogP contribution < -0.4 is 10.6 Å². The Morgan fingerprint density at radius 3 is 2.24 bits per heavy atom. The van der Waals surface area contributed by atoms with Crippen molar-refractivity contribution in [2.45, 2.75) is 53.0 Å². The Labute approximate surface area is 177 Å². The van der Waals surface area contributed by atoms with E-state index in [0.29, 0.717) is 17.5 Å². The molecular weight excluding hydrogens is 386 g/mol. The summed E-state index contributed by atoms with van der Waals surface area (Å²) in [6, 6.07) is 10.1. The number of aromatic nitrogens is 1. The van der Waals surface area contributed by atoms with Crippen molar-refractivity contribution in [2.24, 2.45) is 5.92 Å². The predicted molar refractivity (Wildman–Crippen MR) is 118 cm³/mol. The second-order valence-electron chi connectivity index (χ2n) is 7.63. The van der Waals surface area contributed by atoms with E-state index in [-0.39, 0.29) is 35.3 Å². The third-order valence-corrected chi connectivity index (χ3v) is 5.75. The van der Waals surface area contributed by atoms with Gasteiger partial charge in [-0.1, -0.05) is 57.1 Å². The molecule has 1 aromatic heterocycles. The molecule has 2 aromatic rings. The molecule has 2 atom stereocenters. The minimum absolute atomic E-state index is 0.0546. The summed E-state index contributed by atoms with van der Waals surface area (Å²) < 4.78 is 4.91. The van der Waals surface area contributed by atoms with Gasteiger partial charge >= 0.3 is 0 Å². The molecule has 2 unspecified atom stereocenters. The van der Waals surface area contributed by atoms with Crippen molar-refractivity contribution in [2.75, 3.05) is 16.8 Å². The molecule has 2 rings (SSSR count). The molecule has 0 aliphatic heterocycles. The number of anilines is 1. The van der Waals surface area contributed by atoms with Crippen LogP contribution in [0.25, 0.3) is 0 Å². The van der Waals surface area contributed by atoms with Crippen LogP contribution in [0.15, 0.2) is 34.9 Å². The summed E-state index contributed by atoms with van der Waals surface area (Å²) in [7, 11) is 0. The number of hydrogen-bond acceptors (Lipinski definition) is 5. The lowest BCUT2D eigenvalue weighted by Gasteiger charge is -2.23. The number of carbonyl (C=O) groups is 2. The standard InChI is InChI=1S/C22H31N3O3S/c1-6-15(4)17-7-9-18(10-8-17)22(14(2)3)24-21(27)13-29-12-20(26)23-19-11-16(5)28-25-19/h7-11,14-15,22H,6,12-13H2,1-5H3,(H,24,27)(H,23,25,26). The van der Waals surface area contributed by atoms with Crippen LogP contribution in [0.5, 0.6) is 0 Å². The fourth-order valence-corrected chi connectivity index (χ4v) is 3.59. The third kappa shape index (κ3) is 7.24. The van der Waals surface area contributed by atoms with Crippen molar-refractivity contribution < 1.29 is 14.1 Å². The number of aryl methyl sites for hydroxylation is 1. The monoisotopic (exact) mass is 417 g/mol. The van der Waals surface area contributed by atoms with E-state index >= 15 is 0 Å². The lowest BCUT2D eigenvalue weighted by Crippen LogP contribution is -2.33. The van der Waals surface area contributed by atoms with Crippen molar-refractivity contribution in [3.63, 3.8) is 0 Å². The molecule has 158 valence electrons. The van der Waals surface area contributed by atoms with Crippen LogP contribution in [0.1, 0.15) is 63.0 Å². The molecule has 0 saturated heterocycles. The average Bonchev–Trinajstić information content (AvgIpc) is 3.10. The molecule has 1 heterocycles. The molecule has 0 aliphatic carbocycles. The quantitative estimate of drug-likeness (QED) is 0.586. The van der Waals surface area contributed by atoms with Gasteiger partial charge < -0.3 is 15.2 Å². The largest absolute Gasteiger partial charge is 0.360 e. The normalized spacial score (nSPS) is 13.2. The van der Waals surface area contributed by atoms with E-state index in [9.17, 15) is 9.59 Å². The van der Waals surface area contributed by atoms with E-state index in [4.69, 9.17) is 4.52 Å². The van der Waals surface area contributed by atoms with Crippen LogP contribution in [0.2, 0.25) is 0 Å². The van der Waals surface area contributed by atoms with Gasteiger partial charge in [0.1, 0.15) is 5.76 Å². The van der Waals surface area contributed by atoms with Gasteiger partial charge in [0.15, 0.2) is 5.82 Å². The molecule has 0 spiro atoms. The molecule has 0 fully saturated rings. The molecule has 0 bridgehead atoms. The second kappa shape index (κ2) is 11.0. The minimum atomic E-state index is -0.211. The van der Waals surface area contributed by atoms with E-state index in [0.717, 1.165) is 12.0 Å². The first-order valence-corrected chi connectivity index (χ1v) is 11.2. The molecule has 2 N–H and O–H groups in total. The van der Waals surface area contributed by atoms with Crippen molar-refractivity contribution in [1.29, 1.82) is 0 Å². The molecule has 1 aromatic carbocycles. The SMILES string of the molecule is CCC(C)c1ccc(C(NC(=O)CSCC(=O)Nc2cc(C)on2)C(C)C)cc1. The van der Waals surface area contributed by atoms with Crippen LogP contribution in [0.3, 0.4) is 0 Å². The van der Waals surface area contributed by atoms with Crippen molar-refractivity contribution in [3.05, 3.63) is 47.2 Å². The maximum atomic E-state index is 12.4. The zero-order valence-electron chi connectivity index (χ0n) is 17.8. The van der Waals surface area contributed by atoms with E-state index in [1.807, 2.05) is 0 Å². The van der Waals surface area contributed by atoms with Gasteiger partial charge in [-0.2, -0.15) is 0 Å². The minimum Gasteiger partial charge on any atom is -0.360 e. The van der Waals surface area contributed by atoms with Crippen LogP contribution in [0, 0.1) is 12.8 Å². The lowest BCUT2D eigenvalue weighted by molar-refractivity contribution is -0.119. The van der Waals surface area contributed by atoms with Gasteiger partial charge in [0, 0.05) is 6.07 Å². The Morgan fingerprint density at radius 2 is 1.69 bits per heavy atom. The molecule has 6 nitrogen and oxygen atoms in total. The summed E-state index contributed by atoms with van der Waals surface area (Å²) in [5.41, 5.74) is 2.42. The van der Waals surface area contributed by atoms with Crippen LogP contribution >= 0.6 is 11.8 Å². The fourth-order valence-electron chi connectivity index (χ4n) is 2.96. The highest BCUT2D eigenvalue weighted by Gasteiger charge is 2.19. The lowest BCUT2D eigenvalue weighted by atomic mass is 9.92. The predicted octanol–water partition coefficient (Wildman–Crippen LogP) is 4.68. The Kier molecular flexibility index (Phi) is 8.76. The highest BCUT2D eigenvalue weighted by molar-refractivity contribution is 8.00. The molecule has 29 heavy (non-hydrogen) atoms. The number of rotatable bonds is 10. The first-order valence-electron chi connectivity index (χ1n) is 10.00. The number of carbonyl (C=O) groups excluding carboxylic acids is 2. The van der Waals surface area contributed by atoms with Crippen molar-refractivity contribution >= 4 is 29.4 Å². The van der Waals surface area contributed by atoms with Gasteiger partial charge in [0.2, 0.25) is 11.8 Å². The van der Waals surface area contributed by atoms with Crippen molar-refractivity contribution in [1.82, 2.24) is 10.5 Å². The summed E-state index contributed by atoms with van der Waals surface area (Å²) >= 11 is 1.27. The maximum Gasteiger partial charge on any atom is 0.235 e. The topological polar surface area (TPSA) is 84.2 Å². The maximum absolute atomic E-state index is 12.4. The van der Waals surface area contributed by atoms with Gasteiger partial charge in [-0.15, -0.1) is 11.8 Å². The van der Waals surface area contributed by atoms with E-state index in [2.05, 4.69) is 67.8 Å². The van der Waals surface area contributed by atoms with E-state index in [1.165, 1.54) is 17.3 Å². The second-order valence-corrected chi connectivity index (χ2v) is 8.61. The molecule has 2 amide bonds. The molecule has 0 radical (unpaired) electrons. The van der Waals surface area contributed by atoms with E-state index in [1.54, 1.807) is 13.0 Å². The summed E-state index contributed by atoms with van der Waals surface area (Å²) in [5, 5.41) is 9.47. The van der Waals surface area contributed by atoms with E-state index < -0.39 is 0 Å². The van der Waals surface area contributed by atoms with Gasteiger partial charge in [0.05, 0.1) is 17.5 Å². The van der Waals surface area contributed by atoms with Crippen molar-refractivity contribution in [3.8, 4) is 0 Å². The third-order valence-electron chi connectivity index (χ3n) is 4.82. The highest BCUT2D eigenvalue weighted by Crippen LogP contribution is 2.25. The molecule has 0 aliphatic rings. The smallest absolute Gasteiger partial charge is 0.235 e. The van der Waals surface area contributed by atoms with Gasteiger partial charge in [0.25, 0.3) is 0 Å². The van der Waals surface area contributed by atoms with Crippen LogP contribution in [-0.4, -0.2) is 28.5 Å². The molecular formula is C22H31N3O3S. The summed E-state index contributed by atoms with van der Waals surface area (Å²) in [6.45, 7) is 10.3. The molecule has 0 saturated carbocycles. The Bertz CT molecular complexity index is 802. The van der Waals surface area contributed by atoms with Gasteiger partial charge in [-0.25, -0.2) is 0 Å². The first kappa shape index (κ1) is 23.0. The summed E-state index contributed by atoms with van der Waals surface area (Å²) in [6.07, 6.45) is 1.10.